The second kappa shape index (κ2) is 6.28. The lowest BCUT2D eigenvalue weighted by Gasteiger charge is -2.04. The highest BCUT2D eigenvalue weighted by Crippen LogP contribution is 2.13. The van der Waals surface area contributed by atoms with Crippen molar-refractivity contribution in [1.29, 1.82) is 0 Å². The van der Waals surface area contributed by atoms with Crippen molar-refractivity contribution in [2.75, 3.05) is 14.2 Å². The number of hydrogen-bond donors (Lipinski definition) is 0. The van der Waals surface area contributed by atoms with E-state index in [0.29, 0.717) is 17.4 Å². The number of methoxy groups -OCH3 is 1. The minimum absolute atomic E-state index is 0.489. The molecule has 0 amide bonds. The highest BCUT2D eigenvalue weighted by molar-refractivity contribution is 6.65. The number of rotatable bonds is 3. The maximum absolute atomic E-state index is 5.72. The fourth-order valence-corrected chi connectivity index (χ4v) is 1.41. The van der Waals surface area contributed by atoms with Crippen molar-refractivity contribution in [3.8, 4) is 5.75 Å². The maximum atomic E-state index is 5.72. The van der Waals surface area contributed by atoms with E-state index in [-0.39, 0.29) is 0 Å². The molecule has 0 saturated carbocycles. The van der Waals surface area contributed by atoms with Crippen LogP contribution in [0.3, 0.4) is 0 Å². The summed E-state index contributed by atoms with van der Waals surface area (Å²) in [6.07, 6.45) is 0.651. The van der Waals surface area contributed by atoms with Gasteiger partial charge in [-0.2, -0.15) is 0 Å². The third-order valence-corrected chi connectivity index (χ3v) is 2.12. The lowest BCUT2D eigenvalue weighted by atomic mass is 10.1. The summed E-state index contributed by atoms with van der Waals surface area (Å²) in [7, 11) is 3.35. The summed E-state index contributed by atoms with van der Waals surface area (Å²) in [4.78, 5) is 8.22. The standard InChI is InChI=1S/C12H15ClN2O/c1-9(13)15-12(14-2)8-10-5-4-6-11(7-10)16-3/h4-7H,8H2,1-3H3. The minimum atomic E-state index is 0.489. The molecule has 0 saturated heterocycles. The van der Waals surface area contributed by atoms with Crippen LogP contribution < -0.4 is 4.74 Å². The van der Waals surface area contributed by atoms with Crippen LogP contribution in [0.2, 0.25) is 0 Å². The molecule has 1 rings (SSSR count). The smallest absolute Gasteiger partial charge is 0.128 e. The van der Waals surface area contributed by atoms with Crippen LogP contribution in [-0.2, 0) is 6.42 Å². The summed E-state index contributed by atoms with van der Waals surface area (Å²) in [6, 6.07) is 7.82. The first-order valence-corrected chi connectivity index (χ1v) is 5.33. The van der Waals surface area contributed by atoms with E-state index in [2.05, 4.69) is 9.98 Å². The van der Waals surface area contributed by atoms with Gasteiger partial charge in [0.1, 0.15) is 16.8 Å². The predicted octanol–water partition coefficient (Wildman–Crippen LogP) is 2.92. The molecule has 0 fully saturated rings. The maximum Gasteiger partial charge on any atom is 0.128 e. The van der Waals surface area contributed by atoms with Crippen LogP contribution in [0.4, 0.5) is 0 Å². The first-order chi connectivity index (χ1) is 7.65. The van der Waals surface area contributed by atoms with Gasteiger partial charge in [-0.1, -0.05) is 23.7 Å². The molecule has 1 aromatic rings. The molecule has 0 aromatic heterocycles. The molecule has 0 N–H and O–H groups in total. The first-order valence-electron chi connectivity index (χ1n) is 4.95. The molecular weight excluding hydrogens is 224 g/mol. The topological polar surface area (TPSA) is 34.0 Å². The molecule has 0 unspecified atom stereocenters. The molecule has 0 radical (unpaired) electrons. The van der Waals surface area contributed by atoms with Crippen LogP contribution in [0.15, 0.2) is 34.3 Å². The minimum Gasteiger partial charge on any atom is -0.497 e. The Hall–Kier alpha value is -1.35. The van der Waals surface area contributed by atoms with E-state index in [4.69, 9.17) is 16.3 Å². The number of hydrogen-bond acceptors (Lipinski definition) is 2. The average Bonchev–Trinajstić information content (AvgIpc) is 2.28. The van der Waals surface area contributed by atoms with Crippen LogP contribution in [0.25, 0.3) is 0 Å². The molecule has 16 heavy (non-hydrogen) atoms. The van der Waals surface area contributed by atoms with Gasteiger partial charge >= 0.3 is 0 Å². The quantitative estimate of drug-likeness (QED) is 0.589. The van der Waals surface area contributed by atoms with Gasteiger partial charge in [-0.05, 0) is 24.6 Å². The normalized spacial score (nSPS) is 12.8. The Kier molecular flexibility index (Phi) is 4.99. The van der Waals surface area contributed by atoms with Gasteiger partial charge in [-0.15, -0.1) is 0 Å². The lowest BCUT2D eigenvalue weighted by molar-refractivity contribution is 0.414. The SMILES string of the molecule is CN=C(Cc1cccc(OC)c1)N=C(C)Cl. The summed E-state index contributed by atoms with van der Waals surface area (Å²) in [6.45, 7) is 1.73. The Morgan fingerprint density at radius 1 is 1.44 bits per heavy atom. The van der Waals surface area contributed by atoms with Gasteiger partial charge in [-0.25, -0.2) is 4.99 Å². The van der Waals surface area contributed by atoms with Crippen LogP contribution in [-0.4, -0.2) is 25.2 Å². The van der Waals surface area contributed by atoms with Crippen LogP contribution in [0.5, 0.6) is 5.75 Å². The average molecular weight is 239 g/mol. The van der Waals surface area contributed by atoms with Gasteiger partial charge in [0.25, 0.3) is 0 Å². The molecule has 1 aromatic carbocycles. The Balaban J connectivity index is 2.82. The lowest BCUT2D eigenvalue weighted by Crippen LogP contribution is -2.01. The fraction of sp³-hybridized carbons (Fsp3) is 0.333. The monoisotopic (exact) mass is 238 g/mol. The highest BCUT2D eigenvalue weighted by Gasteiger charge is 2.01. The van der Waals surface area contributed by atoms with E-state index in [1.54, 1.807) is 21.1 Å². The number of nitrogens with zero attached hydrogens (tertiary/aromatic N) is 2. The third kappa shape index (κ3) is 4.03. The van der Waals surface area contributed by atoms with Crippen LogP contribution >= 0.6 is 11.6 Å². The zero-order valence-electron chi connectivity index (χ0n) is 9.70. The molecule has 0 aliphatic carbocycles. The van der Waals surface area contributed by atoms with E-state index in [1.165, 1.54) is 0 Å². The second-order valence-corrected chi connectivity index (χ2v) is 3.82. The summed E-state index contributed by atoms with van der Waals surface area (Å²) in [5.41, 5.74) is 1.10. The predicted molar refractivity (Wildman–Crippen MR) is 69.0 cm³/mol. The summed E-state index contributed by atoms with van der Waals surface area (Å²) in [5, 5.41) is 0.489. The van der Waals surface area contributed by atoms with Gasteiger partial charge in [0, 0.05) is 13.5 Å². The molecule has 0 heterocycles. The Labute approximate surface area is 101 Å². The highest BCUT2D eigenvalue weighted by atomic mass is 35.5. The van der Waals surface area contributed by atoms with Crippen LogP contribution in [0, 0.1) is 0 Å². The van der Waals surface area contributed by atoms with Crippen molar-refractivity contribution in [2.45, 2.75) is 13.3 Å². The van der Waals surface area contributed by atoms with E-state index >= 15 is 0 Å². The summed E-state index contributed by atoms with van der Waals surface area (Å²) >= 11 is 5.72. The van der Waals surface area contributed by atoms with Crippen molar-refractivity contribution in [2.24, 2.45) is 9.98 Å². The van der Waals surface area contributed by atoms with E-state index < -0.39 is 0 Å². The number of halogens is 1. The molecule has 3 nitrogen and oxygen atoms in total. The largest absolute Gasteiger partial charge is 0.497 e. The van der Waals surface area contributed by atoms with Crippen molar-refractivity contribution in [1.82, 2.24) is 0 Å². The van der Waals surface area contributed by atoms with Gasteiger partial charge in [0.2, 0.25) is 0 Å². The third-order valence-electron chi connectivity index (χ3n) is 2.04. The summed E-state index contributed by atoms with van der Waals surface area (Å²) in [5.74, 6) is 1.54. The molecule has 0 aliphatic heterocycles. The second-order valence-electron chi connectivity index (χ2n) is 3.28. The van der Waals surface area contributed by atoms with Crippen molar-refractivity contribution in [3.63, 3.8) is 0 Å². The number of ether oxygens (including phenoxy) is 1. The van der Waals surface area contributed by atoms with Crippen LogP contribution in [0.1, 0.15) is 12.5 Å². The zero-order valence-corrected chi connectivity index (χ0v) is 10.5. The summed E-state index contributed by atoms with van der Waals surface area (Å²) < 4.78 is 5.15. The number of aliphatic imine (C=N–C) groups is 2. The van der Waals surface area contributed by atoms with Gasteiger partial charge in [-0.3, -0.25) is 4.99 Å². The molecule has 86 valence electrons. The Bertz CT molecular complexity index is 409. The number of amidine groups is 1. The van der Waals surface area contributed by atoms with E-state index in [1.807, 2.05) is 24.3 Å². The van der Waals surface area contributed by atoms with Crippen molar-refractivity contribution < 1.29 is 4.74 Å². The van der Waals surface area contributed by atoms with Gasteiger partial charge in [0.05, 0.1) is 7.11 Å². The Morgan fingerprint density at radius 2 is 2.19 bits per heavy atom. The molecule has 0 spiro atoms. The Morgan fingerprint density at radius 3 is 2.75 bits per heavy atom. The van der Waals surface area contributed by atoms with Gasteiger partial charge < -0.3 is 4.74 Å². The molecule has 0 aliphatic rings. The van der Waals surface area contributed by atoms with E-state index in [9.17, 15) is 0 Å². The first kappa shape index (κ1) is 12.7. The zero-order chi connectivity index (χ0) is 12.0. The van der Waals surface area contributed by atoms with Gasteiger partial charge in [0.15, 0.2) is 0 Å². The van der Waals surface area contributed by atoms with Crippen molar-refractivity contribution >= 4 is 22.6 Å². The number of benzene rings is 1. The molecule has 4 heteroatoms. The van der Waals surface area contributed by atoms with Crippen molar-refractivity contribution in [3.05, 3.63) is 29.8 Å². The molecule has 0 atom stereocenters. The van der Waals surface area contributed by atoms with E-state index in [0.717, 1.165) is 11.3 Å². The fourth-order valence-electron chi connectivity index (χ4n) is 1.31. The molecular formula is C12H15ClN2O. The molecule has 0 bridgehead atoms.